The van der Waals surface area contributed by atoms with E-state index in [0.29, 0.717) is 17.9 Å². The van der Waals surface area contributed by atoms with Crippen molar-refractivity contribution in [3.63, 3.8) is 0 Å². The highest BCUT2D eigenvalue weighted by Crippen LogP contribution is 2.44. The maximum absolute atomic E-state index is 11.7. The molecule has 2 heteroatoms. The van der Waals surface area contributed by atoms with Crippen LogP contribution >= 0.6 is 0 Å². The molecule has 0 aliphatic heterocycles. The Hall–Kier alpha value is -0.530. The fraction of sp³-hybridized carbons (Fsp3) is 0.923. The predicted molar refractivity (Wildman–Crippen MR) is 61.5 cm³/mol. The summed E-state index contributed by atoms with van der Waals surface area (Å²) in [4.78, 5) is 11.7. The summed E-state index contributed by atoms with van der Waals surface area (Å²) in [7, 11) is 0. The molecule has 0 aromatic heterocycles. The summed E-state index contributed by atoms with van der Waals surface area (Å²) >= 11 is 0. The van der Waals surface area contributed by atoms with E-state index in [0.717, 1.165) is 0 Å². The van der Waals surface area contributed by atoms with Gasteiger partial charge in [-0.05, 0) is 31.1 Å². The largest absolute Gasteiger partial charge is 0.466 e. The molecule has 1 aliphatic rings. The van der Waals surface area contributed by atoms with Crippen molar-refractivity contribution >= 4 is 5.97 Å². The molecular formula is C13H24O2. The molecule has 0 aromatic carbocycles. The number of carbonyl (C=O) groups is 1. The number of rotatable bonds is 3. The molecule has 0 amide bonds. The Bertz CT molecular complexity index is 221. The maximum atomic E-state index is 11.7. The van der Waals surface area contributed by atoms with Gasteiger partial charge in [0.15, 0.2) is 0 Å². The Morgan fingerprint density at radius 1 is 1.47 bits per heavy atom. The second kappa shape index (κ2) is 5.00. The second-order valence-electron chi connectivity index (χ2n) is 5.38. The third kappa shape index (κ3) is 2.96. The molecule has 0 radical (unpaired) electrons. The Morgan fingerprint density at radius 2 is 2.13 bits per heavy atom. The zero-order valence-corrected chi connectivity index (χ0v) is 10.5. The monoisotopic (exact) mass is 212 g/mol. The molecule has 1 aliphatic carbocycles. The number of carbonyl (C=O) groups excluding carboxylic acids is 1. The van der Waals surface area contributed by atoms with Gasteiger partial charge in [-0.25, -0.2) is 0 Å². The van der Waals surface area contributed by atoms with E-state index in [2.05, 4.69) is 13.8 Å². The predicted octanol–water partition coefficient (Wildman–Crippen LogP) is 3.40. The van der Waals surface area contributed by atoms with Crippen molar-refractivity contribution in [3.05, 3.63) is 0 Å². The lowest BCUT2D eigenvalue weighted by molar-refractivity contribution is -0.151. The first-order valence-electron chi connectivity index (χ1n) is 6.15. The van der Waals surface area contributed by atoms with Crippen LogP contribution in [0.4, 0.5) is 0 Å². The first-order valence-corrected chi connectivity index (χ1v) is 6.15. The summed E-state index contributed by atoms with van der Waals surface area (Å²) in [6.45, 7) is 8.96. The minimum Gasteiger partial charge on any atom is -0.466 e. The van der Waals surface area contributed by atoms with E-state index in [9.17, 15) is 4.79 Å². The molecule has 2 atom stereocenters. The smallest absolute Gasteiger partial charge is 0.308 e. The van der Waals surface area contributed by atoms with E-state index in [1.807, 2.05) is 13.8 Å². The normalized spacial score (nSPS) is 27.1. The van der Waals surface area contributed by atoms with Gasteiger partial charge in [0.1, 0.15) is 0 Å². The summed E-state index contributed by atoms with van der Waals surface area (Å²) in [6, 6.07) is 0. The van der Waals surface area contributed by atoms with Gasteiger partial charge in [-0.15, -0.1) is 0 Å². The fourth-order valence-electron chi connectivity index (χ4n) is 2.89. The number of esters is 1. The number of hydrogen-bond donors (Lipinski definition) is 0. The van der Waals surface area contributed by atoms with Crippen LogP contribution in [0.15, 0.2) is 0 Å². The van der Waals surface area contributed by atoms with Gasteiger partial charge in [0.25, 0.3) is 0 Å². The highest BCUT2D eigenvalue weighted by Gasteiger charge is 2.38. The van der Waals surface area contributed by atoms with Crippen LogP contribution in [0.2, 0.25) is 0 Å². The Kier molecular flexibility index (Phi) is 4.18. The van der Waals surface area contributed by atoms with Crippen LogP contribution < -0.4 is 0 Å². The Labute approximate surface area is 93.4 Å². The van der Waals surface area contributed by atoms with Crippen LogP contribution in [-0.2, 0) is 9.53 Å². The molecule has 0 heterocycles. The second-order valence-corrected chi connectivity index (χ2v) is 5.38. The van der Waals surface area contributed by atoms with Crippen molar-refractivity contribution in [1.29, 1.82) is 0 Å². The average molecular weight is 212 g/mol. The highest BCUT2D eigenvalue weighted by molar-refractivity contribution is 5.72. The van der Waals surface area contributed by atoms with Crippen molar-refractivity contribution in [2.45, 2.75) is 53.4 Å². The van der Waals surface area contributed by atoms with E-state index >= 15 is 0 Å². The van der Waals surface area contributed by atoms with Crippen molar-refractivity contribution in [2.24, 2.45) is 17.3 Å². The molecule has 2 nitrogen and oxygen atoms in total. The molecule has 0 spiro atoms. The van der Waals surface area contributed by atoms with E-state index in [-0.39, 0.29) is 11.9 Å². The summed E-state index contributed by atoms with van der Waals surface area (Å²) in [5.41, 5.74) is 0.296. The fourth-order valence-corrected chi connectivity index (χ4v) is 2.89. The topological polar surface area (TPSA) is 26.3 Å². The Morgan fingerprint density at radius 3 is 2.67 bits per heavy atom. The van der Waals surface area contributed by atoms with Crippen LogP contribution in [-0.4, -0.2) is 12.6 Å². The van der Waals surface area contributed by atoms with Gasteiger partial charge in [-0.1, -0.05) is 33.6 Å². The van der Waals surface area contributed by atoms with Gasteiger partial charge < -0.3 is 4.74 Å². The molecule has 1 rings (SSSR count). The first-order chi connectivity index (χ1) is 6.99. The van der Waals surface area contributed by atoms with Crippen LogP contribution in [0.5, 0.6) is 0 Å². The van der Waals surface area contributed by atoms with E-state index < -0.39 is 0 Å². The van der Waals surface area contributed by atoms with Crippen molar-refractivity contribution in [2.75, 3.05) is 6.61 Å². The summed E-state index contributed by atoms with van der Waals surface area (Å²) < 4.78 is 5.11. The number of ether oxygens (including phenoxy) is 1. The molecule has 2 unspecified atom stereocenters. The molecule has 0 bridgehead atoms. The van der Waals surface area contributed by atoms with Crippen molar-refractivity contribution < 1.29 is 9.53 Å². The third-order valence-corrected chi connectivity index (χ3v) is 3.85. The van der Waals surface area contributed by atoms with E-state index in [4.69, 9.17) is 4.74 Å². The SMILES string of the molecule is CCOC(=O)C(C)C1CCCCC1(C)C. The summed E-state index contributed by atoms with van der Waals surface area (Å²) in [6.07, 6.45) is 4.98. The molecule has 1 fully saturated rings. The minimum atomic E-state index is -0.0162. The van der Waals surface area contributed by atoms with Gasteiger partial charge in [0.2, 0.25) is 0 Å². The van der Waals surface area contributed by atoms with Gasteiger partial charge in [-0.2, -0.15) is 0 Å². The van der Waals surface area contributed by atoms with E-state index in [1.54, 1.807) is 0 Å². The summed E-state index contributed by atoms with van der Waals surface area (Å²) in [5, 5.41) is 0. The lowest BCUT2D eigenvalue weighted by atomic mass is 9.64. The van der Waals surface area contributed by atoms with E-state index in [1.165, 1.54) is 25.7 Å². The lowest BCUT2D eigenvalue weighted by Gasteiger charge is -2.41. The molecular weight excluding hydrogens is 188 g/mol. The van der Waals surface area contributed by atoms with Crippen LogP contribution in [0, 0.1) is 17.3 Å². The molecule has 0 aromatic rings. The van der Waals surface area contributed by atoms with Gasteiger partial charge in [-0.3, -0.25) is 4.79 Å². The number of hydrogen-bond acceptors (Lipinski definition) is 2. The zero-order valence-electron chi connectivity index (χ0n) is 10.5. The first kappa shape index (κ1) is 12.5. The molecule has 1 saturated carbocycles. The van der Waals surface area contributed by atoms with Gasteiger partial charge in [0, 0.05) is 0 Å². The Balaban J connectivity index is 2.64. The zero-order chi connectivity index (χ0) is 11.5. The lowest BCUT2D eigenvalue weighted by Crippen LogP contribution is -2.36. The average Bonchev–Trinajstić information content (AvgIpc) is 2.16. The third-order valence-electron chi connectivity index (χ3n) is 3.85. The van der Waals surface area contributed by atoms with Gasteiger partial charge >= 0.3 is 5.97 Å². The molecule has 88 valence electrons. The van der Waals surface area contributed by atoms with Crippen molar-refractivity contribution in [1.82, 2.24) is 0 Å². The van der Waals surface area contributed by atoms with Crippen LogP contribution in [0.25, 0.3) is 0 Å². The molecule has 0 saturated heterocycles. The maximum Gasteiger partial charge on any atom is 0.308 e. The quantitative estimate of drug-likeness (QED) is 0.670. The van der Waals surface area contributed by atoms with Crippen LogP contribution in [0.3, 0.4) is 0 Å². The molecule has 15 heavy (non-hydrogen) atoms. The van der Waals surface area contributed by atoms with Crippen LogP contribution in [0.1, 0.15) is 53.4 Å². The summed E-state index contributed by atoms with van der Waals surface area (Å²) in [5.74, 6) is 0.531. The standard InChI is InChI=1S/C13H24O2/c1-5-15-12(14)10(2)11-8-6-7-9-13(11,3)4/h10-11H,5-9H2,1-4H3. The minimum absolute atomic E-state index is 0.0162. The van der Waals surface area contributed by atoms with Crippen molar-refractivity contribution in [3.8, 4) is 0 Å². The molecule has 0 N–H and O–H groups in total. The van der Waals surface area contributed by atoms with Gasteiger partial charge in [0.05, 0.1) is 12.5 Å². The highest BCUT2D eigenvalue weighted by atomic mass is 16.5.